The van der Waals surface area contributed by atoms with Gasteiger partial charge in [0, 0.05) is 19.8 Å². The van der Waals surface area contributed by atoms with Gasteiger partial charge in [0.15, 0.2) is 0 Å². The molecule has 0 fully saturated rings. The van der Waals surface area contributed by atoms with E-state index < -0.39 is 0 Å². The van der Waals surface area contributed by atoms with Crippen molar-refractivity contribution in [3.63, 3.8) is 0 Å². The van der Waals surface area contributed by atoms with Crippen LogP contribution in [0, 0.1) is 12.8 Å². The van der Waals surface area contributed by atoms with Crippen molar-refractivity contribution in [2.75, 3.05) is 25.1 Å². The Kier molecular flexibility index (Phi) is 5.78. The molecule has 1 rings (SSSR count). The maximum absolute atomic E-state index is 5.48. The molecule has 0 unspecified atom stereocenters. The van der Waals surface area contributed by atoms with E-state index in [1.165, 1.54) is 0 Å². The predicted molar refractivity (Wildman–Crippen MR) is 65.5 cm³/mol. The third-order valence-corrected chi connectivity index (χ3v) is 2.01. The van der Waals surface area contributed by atoms with Gasteiger partial charge in [-0.3, -0.25) is 0 Å². The van der Waals surface area contributed by atoms with Gasteiger partial charge >= 0.3 is 0 Å². The van der Waals surface area contributed by atoms with Gasteiger partial charge in [0.1, 0.15) is 5.82 Å². The smallest absolute Gasteiger partial charge is 0.148 e. The molecule has 4 nitrogen and oxygen atoms in total. The van der Waals surface area contributed by atoms with Crippen molar-refractivity contribution >= 4 is 5.82 Å². The summed E-state index contributed by atoms with van der Waals surface area (Å²) in [6.45, 7) is 8.82. The standard InChI is InChI=1S/C12H21N3O/c1-10(2)9-16-6-4-5-13-12-7-11(3)8-14-15-12/h7-8,10H,4-6,9H2,1-3H3,(H,13,15). The first kappa shape index (κ1) is 12.9. The van der Waals surface area contributed by atoms with Crippen LogP contribution in [0.25, 0.3) is 0 Å². The molecule has 0 aliphatic rings. The number of rotatable bonds is 7. The van der Waals surface area contributed by atoms with Crippen LogP contribution in [0.5, 0.6) is 0 Å². The van der Waals surface area contributed by atoms with E-state index in [-0.39, 0.29) is 0 Å². The van der Waals surface area contributed by atoms with Gasteiger partial charge in [-0.1, -0.05) is 13.8 Å². The lowest BCUT2D eigenvalue weighted by Crippen LogP contribution is -2.09. The number of aromatic nitrogens is 2. The number of ether oxygens (including phenoxy) is 1. The Morgan fingerprint density at radius 2 is 2.25 bits per heavy atom. The van der Waals surface area contributed by atoms with Crippen molar-refractivity contribution in [3.05, 3.63) is 17.8 Å². The fourth-order valence-corrected chi connectivity index (χ4v) is 1.26. The van der Waals surface area contributed by atoms with Crippen molar-refractivity contribution in [2.45, 2.75) is 27.2 Å². The summed E-state index contributed by atoms with van der Waals surface area (Å²) < 4.78 is 5.48. The zero-order chi connectivity index (χ0) is 11.8. The Morgan fingerprint density at radius 1 is 1.44 bits per heavy atom. The highest BCUT2D eigenvalue weighted by Gasteiger charge is 1.96. The first-order valence-electron chi connectivity index (χ1n) is 5.79. The molecule has 1 aromatic rings. The fourth-order valence-electron chi connectivity index (χ4n) is 1.26. The number of aryl methyl sites for hydroxylation is 1. The monoisotopic (exact) mass is 223 g/mol. The molecular formula is C12H21N3O. The summed E-state index contributed by atoms with van der Waals surface area (Å²) in [7, 11) is 0. The van der Waals surface area contributed by atoms with Gasteiger partial charge < -0.3 is 10.1 Å². The molecule has 0 amide bonds. The average Bonchev–Trinajstić information content (AvgIpc) is 2.23. The number of hydrogen-bond donors (Lipinski definition) is 1. The third-order valence-electron chi connectivity index (χ3n) is 2.01. The average molecular weight is 223 g/mol. The molecule has 1 N–H and O–H groups in total. The van der Waals surface area contributed by atoms with Gasteiger partial charge in [-0.2, -0.15) is 5.10 Å². The van der Waals surface area contributed by atoms with Crippen molar-refractivity contribution in [3.8, 4) is 0 Å². The molecule has 16 heavy (non-hydrogen) atoms. The van der Waals surface area contributed by atoms with Gasteiger partial charge in [0.25, 0.3) is 0 Å². The molecule has 1 heterocycles. The fraction of sp³-hybridized carbons (Fsp3) is 0.667. The SMILES string of the molecule is Cc1cnnc(NCCCOCC(C)C)c1. The van der Waals surface area contributed by atoms with E-state index in [1.54, 1.807) is 6.20 Å². The van der Waals surface area contributed by atoms with E-state index in [0.29, 0.717) is 5.92 Å². The summed E-state index contributed by atoms with van der Waals surface area (Å²) in [5, 5.41) is 11.1. The Morgan fingerprint density at radius 3 is 2.94 bits per heavy atom. The summed E-state index contributed by atoms with van der Waals surface area (Å²) in [5.74, 6) is 1.44. The number of hydrogen-bond acceptors (Lipinski definition) is 4. The Balaban J connectivity index is 2.07. The molecule has 0 bridgehead atoms. The summed E-state index contributed by atoms with van der Waals surface area (Å²) in [6, 6.07) is 1.99. The highest BCUT2D eigenvalue weighted by Crippen LogP contribution is 2.03. The van der Waals surface area contributed by atoms with Gasteiger partial charge in [-0.15, -0.1) is 5.10 Å². The van der Waals surface area contributed by atoms with Crippen LogP contribution in [0.2, 0.25) is 0 Å². The van der Waals surface area contributed by atoms with Crippen LogP contribution >= 0.6 is 0 Å². The van der Waals surface area contributed by atoms with Crippen LogP contribution in [0.15, 0.2) is 12.3 Å². The number of nitrogens with one attached hydrogen (secondary N) is 1. The molecule has 0 radical (unpaired) electrons. The van der Waals surface area contributed by atoms with E-state index in [2.05, 4.69) is 29.4 Å². The molecule has 0 saturated heterocycles. The maximum Gasteiger partial charge on any atom is 0.148 e. The van der Waals surface area contributed by atoms with E-state index in [1.807, 2.05) is 13.0 Å². The molecule has 0 saturated carbocycles. The van der Waals surface area contributed by atoms with Crippen molar-refractivity contribution < 1.29 is 4.74 Å². The van der Waals surface area contributed by atoms with Crippen LogP contribution in [-0.2, 0) is 4.74 Å². The minimum Gasteiger partial charge on any atom is -0.381 e. The lowest BCUT2D eigenvalue weighted by atomic mass is 10.2. The zero-order valence-corrected chi connectivity index (χ0v) is 10.4. The topological polar surface area (TPSA) is 47.0 Å². The molecule has 0 aliphatic heterocycles. The van der Waals surface area contributed by atoms with Gasteiger partial charge in [-0.05, 0) is 30.9 Å². The first-order valence-corrected chi connectivity index (χ1v) is 5.79. The minimum absolute atomic E-state index is 0.607. The van der Waals surface area contributed by atoms with E-state index >= 15 is 0 Å². The van der Waals surface area contributed by atoms with E-state index in [0.717, 1.165) is 37.6 Å². The van der Waals surface area contributed by atoms with Crippen molar-refractivity contribution in [2.24, 2.45) is 5.92 Å². The van der Waals surface area contributed by atoms with Crippen molar-refractivity contribution in [1.82, 2.24) is 10.2 Å². The predicted octanol–water partition coefficient (Wildman–Crippen LogP) is 2.26. The largest absolute Gasteiger partial charge is 0.381 e. The Labute approximate surface area is 97.4 Å². The molecule has 0 atom stereocenters. The quantitative estimate of drug-likeness (QED) is 0.720. The molecular weight excluding hydrogens is 202 g/mol. The second-order valence-corrected chi connectivity index (χ2v) is 4.37. The summed E-state index contributed by atoms with van der Waals surface area (Å²) in [4.78, 5) is 0. The normalized spacial score (nSPS) is 10.8. The van der Waals surface area contributed by atoms with Crippen LogP contribution in [0.4, 0.5) is 5.82 Å². The van der Waals surface area contributed by atoms with Gasteiger partial charge in [0.05, 0.1) is 6.20 Å². The van der Waals surface area contributed by atoms with Gasteiger partial charge in [0.2, 0.25) is 0 Å². The molecule has 4 heteroatoms. The number of anilines is 1. The zero-order valence-electron chi connectivity index (χ0n) is 10.4. The molecule has 90 valence electrons. The summed E-state index contributed by atoms with van der Waals surface area (Å²) in [5.41, 5.74) is 1.12. The van der Waals surface area contributed by atoms with Crippen LogP contribution in [0.1, 0.15) is 25.8 Å². The second kappa shape index (κ2) is 7.17. The lowest BCUT2D eigenvalue weighted by Gasteiger charge is -2.07. The van der Waals surface area contributed by atoms with Crippen LogP contribution < -0.4 is 5.32 Å². The molecule has 1 aromatic heterocycles. The van der Waals surface area contributed by atoms with Crippen LogP contribution in [-0.4, -0.2) is 30.0 Å². The molecule has 0 aliphatic carbocycles. The van der Waals surface area contributed by atoms with Gasteiger partial charge in [-0.25, -0.2) is 0 Å². The second-order valence-electron chi connectivity index (χ2n) is 4.37. The molecule has 0 spiro atoms. The maximum atomic E-state index is 5.48. The summed E-state index contributed by atoms with van der Waals surface area (Å²) >= 11 is 0. The Hall–Kier alpha value is -1.16. The van der Waals surface area contributed by atoms with Crippen LogP contribution in [0.3, 0.4) is 0 Å². The number of nitrogens with zero attached hydrogens (tertiary/aromatic N) is 2. The summed E-state index contributed by atoms with van der Waals surface area (Å²) in [6.07, 6.45) is 2.74. The minimum atomic E-state index is 0.607. The van der Waals surface area contributed by atoms with E-state index in [4.69, 9.17) is 4.74 Å². The van der Waals surface area contributed by atoms with Crippen molar-refractivity contribution in [1.29, 1.82) is 0 Å². The highest BCUT2D eigenvalue weighted by atomic mass is 16.5. The first-order chi connectivity index (χ1) is 7.68. The highest BCUT2D eigenvalue weighted by molar-refractivity contribution is 5.34. The molecule has 0 aromatic carbocycles. The van der Waals surface area contributed by atoms with E-state index in [9.17, 15) is 0 Å². The Bertz CT molecular complexity index is 302. The lowest BCUT2D eigenvalue weighted by molar-refractivity contribution is 0.110. The third kappa shape index (κ3) is 5.66.